The van der Waals surface area contributed by atoms with Crippen molar-refractivity contribution >= 4 is 23.3 Å². The molecule has 1 N–H and O–H groups in total. The number of halogens is 1. The lowest BCUT2D eigenvalue weighted by atomic mass is 10.2. The van der Waals surface area contributed by atoms with Crippen molar-refractivity contribution in [2.24, 2.45) is 0 Å². The number of hydrogen-bond acceptors (Lipinski definition) is 2. The van der Waals surface area contributed by atoms with Gasteiger partial charge in [-0.05, 0) is 40.6 Å². The molecule has 5 heteroatoms. The molecule has 0 bridgehead atoms. The Morgan fingerprint density at radius 2 is 1.96 bits per heavy atom. The lowest BCUT2D eigenvalue weighted by Gasteiger charge is -2.31. The second kappa shape index (κ2) is 7.53. The van der Waals surface area contributed by atoms with Crippen LogP contribution in [0.25, 0.3) is 6.08 Å². The van der Waals surface area contributed by atoms with Gasteiger partial charge in [-0.1, -0.05) is 12.1 Å². The van der Waals surface area contributed by atoms with Gasteiger partial charge in [0.25, 0.3) is 0 Å². The highest BCUT2D eigenvalue weighted by Gasteiger charge is 2.22. The van der Waals surface area contributed by atoms with Crippen molar-refractivity contribution < 1.29 is 14.1 Å². The first-order valence-corrected chi connectivity index (χ1v) is 8.72. The molecule has 3 rings (SSSR count). The molecule has 1 amide bonds. The van der Waals surface area contributed by atoms with E-state index in [-0.39, 0.29) is 11.7 Å². The number of thiophene rings is 1. The third-order valence-electron chi connectivity index (χ3n) is 4.10. The van der Waals surface area contributed by atoms with Gasteiger partial charge in [0.15, 0.2) is 0 Å². The maximum absolute atomic E-state index is 12.8. The molecule has 0 spiro atoms. The monoisotopic (exact) mass is 331 g/mol. The van der Waals surface area contributed by atoms with Crippen LogP contribution in [-0.4, -0.2) is 37.0 Å². The van der Waals surface area contributed by atoms with Crippen molar-refractivity contribution in [3.8, 4) is 0 Å². The highest BCUT2D eigenvalue weighted by Crippen LogP contribution is 2.06. The zero-order chi connectivity index (χ0) is 16.1. The van der Waals surface area contributed by atoms with E-state index >= 15 is 0 Å². The number of carbonyl (C=O) groups is 1. The van der Waals surface area contributed by atoms with E-state index in [0.29, 0.717) is 0 Å². The van der Waals surface area contributed by atoms with Gasteiger partial charge in [0.1, 0.15) is 12.4 Å². The van der Waals surface area contributed by atoms with E-state index in [9.17, 15) is 9.18 Å². The van der Waals surface area contributed by atoms with E-state index in [4.69, 9.17) is 0 Å². The summed E-state index contributed by atoms with van der Waals surface area (Å²) in [5.41, 5.74) is 2.21. The Morgan fingerprint density at radius 3 is 2.61 bits per heavy atom. The molecule has 0 unspecified atom stereocenters. The van der Waals surface area contributed by atoms with Crippen LogP contribution >= 0.6 is 11.3 Å². The third-order valence-corrected chi connectivity index (χ3v) is 4.84. The van der Waals surface area contributed by atoms with Crippen LogP contribution in [0.5, 0.6) is 0 Å². The summed E-state index contributed by atoms with van der Waals surface area (Å²) in [6.45, 7) is 4.56. The summed E-state index contributed by atoms with van der Waals surface area (Å²) in [6, 6.07) is 8.30. The predicted octanol–water partition coefficient (Wildman–Crippen LogP) is 1.83. The Balaban J connectivity index is 1.49. The fourth-order valence-electron chi connectivity index (χ4n) is 2.75. The molecule has 1 saturated heterocycles. The molecule has 1 fully saturated rings. The molecule has 0 atom stereocenters. The second-order valence-electron chi connectivity index (χ2n) is 5.77. The van der Waals surface area contributed by atoms with E-state index < -0.39 is 0 Å². The second-order valence-corrected chi connectivity index (χ2v) is 6.55. The Morgan fingerprint density at radius 1 is 1.22 bits per heavy atom. The SMILES string of the molecule is O=C(/C=C/c1ccc(F)cc1)N1CC[NH+](Cc2ccsc2)CC1. The number of amides is 1. The minimum atomic E-state index is -0.266. The van der Waals surface area contributed by atoms with Crippen molar-refractivity contribution in [1.82, 2.24) is 4.90 Å². The molecule has 2 aromatic rings. The van der Waals surface area contributed by atoms with E-state index in [1.54, 1.807) is 35.6 Å². The van der Waals surface area contributed by atoms with E-state index in [1.807, 2.05) is 4.90 Å². The van der Waals surface area contributed by atoms with Gasteiger partial charge < -0.3 is 9.80 Å². The van der Waals surface area contributed by atoms with Crippen molar-refractivity contribution in [2.75, 3.05) is 26.2 Å². The molecule has 1 aromatic carbocycles. The summed E-state index contributed by atoms with van der Waals surface area (Å²) in [7, 11) is 0. The van der Waals surface area contributed by atoms with Gasteiger partial charge in [-0.2, -0.15) is 11.3 Å². The number of benzene rings is 1. The summed E-state index contributed by atoms with van der Waals surface area (Å²) in [5.74, 6) is -0.234. The number of carbonyl (C=O) groups excluding carboxylic acids is 1. The molecule has 120 valence electrons. The van der Waals surface area contributed by atoms with Gasteiger partial charge in [-0.3, -0.25) is 4.79 Å². The van der Waals surface area contributed by atoms with Gasteiger partial charge in [-0.25, -0.2) is 4.39 Å². The number of nitrogens with zero attached hydrogens (tertiary/aromatic N) is 1. The predicted molar refractivity (Wildman–Crippen MR) is 90.7 cm³/mol. The van der Waals surface area contributed by atoms with Crippen molar-refractivity contribution in [2.45, 2.75) is 6.54 Å². The lowest BCUT2D eigenvalue weighted by Crippen LogP contribution is -3.13. The minimum absolute atomic E-state index is 0.0314. The first-order valence-electron chi connectivity index (χ1n) is 7.78. The van der Waals surface area contributed by atoms with Crippen LogP contribution in [0.1, 0.15) is 11.1 Å². The molecular formula is C18H20FN2OS+. The lowest BCUT2D eigenvalue weighted by molar-refractivity contribution is -0.917. The zero-order valence-electron chi connectivity index (χ0n) is 12.9. The van der Waals surface area contributed by atoms with Crippen molar-refractivity contribution in [1.29, 1.82) is 0 Å². The first kappa shape index (κ1) is 15.9. The molecule has 1 aromatic heterocycles. The number of piperazine rings is 1. The molecule has 0 saturated carbocycles. The van der Waals surface area contributed by atoms with E-state index in [1.165, 1.54) is 22.6 Å². The highest BCUT2D eigenvalue weighted by molar-refractivity contribution is 7.07. The Hall–Kier alpha value is -1.98. The maximum Gasteiger partial charge on any atom is 0.246 e. The number of rotatable bonds is 4. The molecule has 1 aliphatic heterocycles. The fourth-order valence-corrected chi connectivity index (χ4v) is 3.42. The molecule has 0 radical (unpaired) electrons. The van der Waals surface area contributed by atoms with Crippen molar-refractivity contribution in [3.05, 3.63) is 64.1 Å². The molecule has 1 aliphatic rings. The van der Waals surface area contributed by atoms with Crippen LogP contribution in [0.2, 0.25) is 0 Å². The first-order chi connectivity index (χ1) is 11.2. The molecule has 2 heterocycles. The maximum atomic E-state index is 12.8. The number of hydrogen-bond donors (Lipinski definition) is 1. The molecule has 3 nitrogen and oxygen atoms in total. The Labute approximate surface area is 139 Å². The summed E-state index contributed by atoms with van der Waals surface area (Å²) in [4.78, 5) is 15.6. The number of quaternary nitrogens is 1. The smallest absolute Gasteiger partial charge is 0.246 e. The van der Waals surface area contributed by atoms with Crippen LogP contribution in [0.3, 0.4) is 0 Å². The third kappa shape index (κ3) is 4.50. The average Bonchev–Trinajstić information content (AvgIpc) is 3.08. The van der Waals surface area contributed by atoms with Crippen molar-refractivity contribution in [3.63, 3.8) is 0 Å². The summed E-state index contributed by atoms with van der Waals surface area (Å²) in [5, 5.41) is 4.30. The van der Waals surface area contributed by atoms with E-state index in [2.05, 4.69) is 16.8 Å². The number of nitrogens with one attached hydrogen (secondary N) is 1. The zero-order valence-corrected chi connectivity index (χ0v) is 13.7. The largest absolute Gasteiger partial charge is 0.328 e. The van der Waals surface area contributed by atoms with Crippen LogP contribution in [0, 0.1) is 5.82 Å². The van der Waals surface area contributed by atoms with Gasteiger partial charge in [0.05, 0.1) is 26.2 Å². The average molecular weight is 331 g/mol. The summed E-state index contributed by atoms with van der Waals surface area (Å²) >= 11 is 1.73. The van der Waals surface area contributed by atoms with Crippen LogP contribution in [-0.2, 0) is 11.3 Å². The quantitative estimate of drug-likeness (QED) is 0.850. The fraction of sp³-hybridized carbons (Fsp3) is 0.278. The van der Waals surface area contributed by atoms with Crippen LogP contribution in [0.4, 0.5) is 4.39 Å². The van der Waals surface area contributed by atoms with Gasteiger partial charge in [0.2, 0.25) is 5.91 Å². The molecule has 23 heavy (non-hydrogen) atoms. The summed E-state index contributed by atoms with van der Waals surface area (Å²) < 4.78 is 12.8. The minimum Gasteiger partial charge on any atom is -0.328 e. The van der Waals surface area contributed by atoms with Crippen LogP contribution in [0.15, 0.2) is 47.2 Å². The Bertz CT molecular complexity index is 659. The van der Waals surface area contributed by atoms with E-state index in [0.717, 1.165) is 38.3 Å². The normalized spacial score (nSPS) is 16.1. The molecular weight excluding hydrogens is 311 g/mol. The Kier molecular flexibility index (Phi) is 5.20. The molecule has 0 aliphatic carbocycles. The van der Waals surface area contributed by atoms with Gasteiger partial charge in [0, 0.05) is 11.6 Å². The van der Waals surface area contributed by atoms with Gasteiger partial charge in [-0.15, -0.1) is 0 Å². The topological polar surface area (TPSA) is 24.8 Å². The van der Waals surface area contributed by atoms with Crippen LogP contribution < -0.4 is 4.90 Å². The van der Waals surface area contributed by atoms with Gasteiger partial charge >= 0.3 is 0 Å². The summed E-state index contributed by atoms with van der Waals surface area (Å²) in [6.07, 6.45) is 3.32. The standard InChI is InChI=1S/C18H19FN2OS/c19-17-4-1-15(2-5-17)3-6-18(22)21-10-8-20(9-11-21)13-16-7-12-23-14-16/h1-7,12,14H,8-11,13H2/p+1/b6-3+. The highest BCUT2D eigenvalue weighted by atomic mass is 32.1.